The molecule has 5 heteroatoms. The van der Waals surface area contributed by atoms with E-state index in [-0.39, 0.29) is 6.61 Å². The Balaban J connectivity index is 1.84. The van der Waals surface area contributed by atoms with Gasteiger partial charge in [0.25, 0.3) is 0 Å². The number of aliphatic hydroxyl groups is 1. The van der Waals surface area contributed by atoms with Crippen LogP contribution in [-0.2, 0) is 13.1 Å². The number of likely N-dealkylation sites (N-methyl/N-ethyl adjacent to an activating group) is 1. The van der Waals surface area contributed by atoms with Gasteiger partial charge in [0.05, 0.1) is 19.3 Å². The van der Waals surface area contributed by atoms with Crippen LogP contribution in [0.5, 0.6) is 0 Å². The van der Waals surface area contributed by atoms with E-state index >= 15 is 0 Å². The summed E-state index contributed by atoms with van der Waals surface area (Å²) in [5.41, 5.74) is 1.23. The summed E-state index contributed by atoms with van der Waals surface area (Å²) in [5, 5.41) is 16.3. The van der Waals surface area contributed by atoms with Gasteiger partial charge in [-0.1, -0.05) is 0 Å². The van der Waals surface area contributed by atoms with E-state index in [0.29, 0.717) is 12.6 Å². The molecule has 90 valence electrons. The molecule has 16 heavy (non-hydrogen) atoms. The van der Waals surface area contributed by atoms with Gasteiger partial charge in [-0.2, -0.15) is 5.10 Å². The Bertz CT molecular complexity index is 326. The third-order valence-electron chi connectivity index (χ3n) is 3.10. The van der Waals surface area contributed by atoms with Crippen molar-refractivity contribution in [2.45, 2.75) is 25.6 Å². The molecule has 1 aliphatic rings. The predicted molar refractivity (Wildman–Crippen MR) is 62.1 cm³/mol. The highest BCUT2D eigenvalue weighted by Crippen LogP contribution is 2.12. The normalized spacial score (nSPS) is 21.8. The second-order valence-corrected chi connectivity index (χ2v) is 4.34. The molecule has 0 bridgehead atoms. The number of rotatable bonds is 5. The monoisotopic (exact) mass is 224 g/mol. The number of likely N-dealkylation sites (tertiary alicyclic amines) is 1. The molecule has 0 amide bonds. The first-order chi connectivity index (χ1) is 7.81. The molecule has 1 aliphatic heterocycles. The molecule has 1 fully saturated rings. The SMILES string of the molecule is CNC1CCN(Cc2cnn(CCO)c2)C1. The minimum absolute atomic E-state index is 0.145. The molecule has 0 aliphatic carbocycles. The molecule has 2 rings (SSSR count). The lowest BCUT2D eigenvalue weighted by molar-refractivity contribution is 0.269. The third-order valence-corrected chi connectivity index (χ3v) is 3.10. The van der Waals surface area contributed by atoms with Crippen LogP contribution in [0.25, 0.3) is 0 Å². The minimum Gasteiger partial charge on any atom is -0.394 e. The Morgan fingerprint density at radius 3 is 3.19 bits per heavy atom. The van der Waals surface area contributed by atoms with E-state index in [2.05, 4.69) is 15.3 Å². The summed E-state index contributed by atoms with van der Waals surface area (Å²) in [4.78, 5) is 2.43. The summed E-state index contributed by atoms with van der Waals surface area (Å²) in [6.45, 7) is 3.95. The van der Waals surface area contributed by atoms with Crippen molar-refractivity contribution in [2.24, 2.45) is 0 Å². The van der Waals surface area contributed by atoms with Crippen molar-refractivity contribution < 1.29 is 5.11 Å². The molecule has 1 atom stereocenters. The Morgan fingerprint density at radius 1 is 1.62 bits per heavy atom. The zero-order valence-corrected chi connectivity index (χ0v) is 9.76. The maximum absolute atomic E-state index is 8.80. The van der Waals surface area contributed by atoms with E-state index < -0.39 is 0 Å². The van der Waals surface area contributed by atoms with Gasteiger partial charge in [0.15, 0.2) is 0 Å². The maximum atomic E-state index is 8.80. The molecule has 1 saturated heterocycles. The topological polar surface area (TPSA) is 53.3 Å². The minimum atomic E-state index is 0.145. The van der Waals surface area contributed by atoms with E-state index in [0.717, 1.165) is 19.6 Å². The molecule has 1 aromatic heterocycles. The van der Waals surface area contributed by atoms with E-state index in [9.17, 15) is 0 Å². The highest BCUT2D eigenvalue weighted by atomic mass is 16.3. The van der Waals surface area contributed by atoms with Crippen LogP contribution in [0.1, 0.15) is 12.0 Å². The largest absolute Gasteiger partial charge is 0.394 e. The Morgan fingerprint density at radius 2 is 2.50 bits per heavy atom. The van der Waals surface area contributed by atoms with Gasteiger partial charge in [0, 0.05) is 37.4 Å². The van der Waals surface area contributed by atoms with Crippen LogP contribution in [0.2, 0.25) is 0 Å². The van der Waals surface area contributed by atoms with Crippen LogP contribution in [0.3, 0.4) is 0 Å². The lowest BCUT2D eigenvalue weighted by Crippen LogP contribution is -2.29. The number of hydrogen-bond acceptors (Lipinski definition) is 4. The van der Waals surface area contributed by atoms with E-state index in [1.165, 1.54) is 12.0 Å². The Kier molecular flexibility index (Phi) is 3.93. The van der Waals surface area contributed by atoms with E-state index in [1.807, 2.05) is 19.4 Å². The van der Waals surface area contributed by atoms with Crippen LogP contribution >= 0.6 is 0 Å². The first-order valence-corrected chi connectivity index (χ1v) is 5.83. The molecule has 0 saturated carbocycles. The second-order valence-electron chi connectivity index (χ2n) is 4.34. The molecule has 1 aromatic rings. The van der Waals surface area contributed by atoms with Crippen molar-refractivity contribution in [3.8, 4) is 0 Å². The van der Waals surface area contributed by atoms with Gasteiger partial charge in [0.2, 0.25) is 0 Å². The van der Waals surface area contributed by atoms with Gasteiger partial charge >= 0.3 is 0 Å². The quantitative estimate of drug-likeness (QED) is 0.719. The van der Waals surface area contributed by atoms with Crippen molar-refractivity contribution in [2.75, 3.05) is 26.7 Å². The van der Waals surface area contributed by atoms with Gasteiger partial charge in [-0.15, -0.1) is 0 Å². The van der Waals surface area contributed by atoms with E-state index in [1.54, 1.807) is 4.68 Å². The Labute approximate surface area is 96.1 Å². The van der Waals surface area contributed by atoms with Crippen molar-refractivity contribution in [1.82, 2.24) is 20.0 Å². The molecule has 0 radical (unpaired) electrons. The molecule has 2 N–H and O–H groups in total. The highest BCUT2D eigenvalue weighted by molar-refractivity contribution is 5.04. The smallest absolute Gasteiger partial charge is 0.0640 e. The standard InChI is InChI=1S/C11H20N4O/c1-12-11-2-3-14(9-11)7-10-6-13-15(8-10)4-5-16/h6,8,11-12,16H,2-5,7,9H2,1H3. The molecule has 1 unspecified atom stereocenters. The molecule has 5 nitrogen and oxygen atoms in total. The fourth-order valence-corrected chi connectivity index (χ4v) is 2.18. The molecular weight excluding hydrogens is 204 g/mol. The van der Waals surface area contributed by atoms with Gasteiger partial charge in [-0.3, -0.25) is 9.58 Å². The van der Waals surface area contributed by atoms with E-state index in [4.69, 9.17) is 5.11 Å². The van der Waals surface area contributed by atoms with Crippen molar-refractivity contribution in [3.05, 3.63) is 18.0 Å². The van der Waals surface area contributed by atoms with Crippen LogP contribution in [-0.4, -0.2) is 52.6 Å². The van der Waals surface area contributed by atoms with Crippen molar-refractivity contribution >= 4 is 0 Å². The zero-order chi connectivity index (χ0) is 11.4. The molecule has 0 spiro atoms. The summed E-state index contributed by atoms with van der Waals surface area (Å²) in [5.74, 6) is 0. The van der Waals surface area contributed by atoms with Gasteiger partial charge in [-0.05, 0) is 13.5 Å². The second kappa shape index (κ2) is 5.43. The van der Waals surface area contributed by atoms with Crippen LogP contribution in [0, 0.1) is 0 Å². The van der Waals surface area contributed by atoms with Crippen molar-refractivity contribution in [1.29, 1.82) is 0 Å². The Hall–Kier alpha value is -0.910. The lowest BCUT2D eigenvalue weighted by atomic mass is 10.3. The van der Waals surface area contributed by atoms with Gasteiger partial charge in [0.1, 0.15) is 0 Å². The van der Waals surface area contributed by atoms with Gasteiger partial charge < -0.3 is 10.4 Å². The summed E-state index contributed by atoms with van der Waals surface area (Å²) >= 11 is 0. The maximum Gasteiger partial charge on any atom is 0.0640 e. The number of nitrogens with one attached hydrogen (secondary N) is 1. The fraction of sp³-hybridized carbons (Fsp3) is 0.727. The predicted octanol–water partition coefficient (Wildman–Crippen LogP) is -0.331. The first-order valence-electron chi connectivity index (χ1n) is 5.83. The summed E-state index contributed by atoms with van der Waals surface area (Å²) in [6.07, 6.45) is 5.13. The number of hydrogen-bond donors (Lipinski definition) is 2. The molecule has 2 heterocycles. The third kappa shape index (κ3) is 2.81. The zero-order valence-electron chi connectivity index (χ0n) is 9.76. The number of aromatic nitrogens is 2. The molecular formula is C11H20N4O. The fourth-order valence-electron chi connectivity index (χ4n) is 2.18. The lowest BCUT2D eigenvalue weighted by Gasteiger charge is -2.14. The van der Waals surface area contributed by atoms with Crippen LogP contribution in [0.4, 0.5) is 0 Å². The average Bonchev–Trinajstić information content (AvgIpc) is 2.89. The summed E-state index contributed by atoms with van der Waals surface area (Å²) in [7, 11) is 2.02. The first kappa shape index (κ1) is 11.6. The highest BCUT2D eigenvalue weighted by Gasteiger charge is 2.20. The number of aliphatic hydroxyl groups excluding tert-OH is 1. The van der Waals surface area contributed by atoms with Crippen LogP contribution in [0.15, 0.2) is 12.4 Å². The summed E-state index contributed by atoms with van der Waals surface area (Å²) < 4.78 is 1.79. The van der Waals surface area contributed by atoms with Gasteiger partial charge in [-0.25, -0.2) is 0 Å². The van der Waals surface area contributed by atoms with Crippen molar-refractivity contribution in [3.63, 3.8) is 0 Å². The average molecular weight is 224 g/mol. The summed E-state index contributed by atoms with van der Waals surface area (Å²) in [6, 6.07) is 0.632. The van der Waals surface area contributed by atoms with Crippen LogP contribution < -0.4 is 5.32 Å². The number of nitrogens with zero attached hydrogens (tertiary/aromatic N) is 3. The molecule has 0 aromatic carbocycles.